The van der Waals surface area contributed by atoms with Crippen LogP contribution in [0.3, 0.4) is 0 Å². The number of carboxylic acids is 1. The summed E-state index contributed by atoms with van der Waals surface area (Å²) in [5.41, 5.74) is 2.11. The highest BCUT2D eigenvalue weighted by Crippen LogP contribution is 2.28. The number of amides is 1. The Morgan fingerprint density at radius 1 is 1.42 bits per heavy atom. The third-order valence-electron chi connectivity index (χ3n) is 3.38. The molecule has 102 valence electrons. The van der Waals surface area contributed by atoms with Gasteiger partial charge in [-0.1, -0.05) is 29.8 Å². The van der Waals surface area contributed by atoms with Crippen molar-refractivity contribution in [1.29, 1.82) is 0 Å². The molecule has 1 saturated carbocycles. The molecule has 2 rings (SSSR count). The Bertz CT molecular complexity index is 480. The van der Waals surface area contributed by atoms with Crippen LogP contribution in [0.4, 0.5) is 0 Å². The van der Waals surface area contributed by atoms with Crippen LogP contribution in [0.2, 0.25) is 0 Å². The number of hydrogen-bond donors (Lipinski definition) is 2. The summed E-state index contributed by atoms with van der Waals surface area (Å²) in [6.45, 7) is 2.19. The van der Waals surface area contributed by atoms with E-state index in [2.05, 4.69) is 5.32 Å². The first kappa shape index (κ1) is 13.6. The summed E-state index contributed by atoms with van der Waals surface area (Å²) < 4.78 is 0. The van der Waals surface area contributed by atoms with E-state index in [-0.39, 0.29) is 18.4 Å². The molecule has 19 heavy (non-hydrogen) atoms. The highest BCUT2D eigenvalue weighted by Gasteiger charge is 2.30. The van der Waals surface area contributed by atoms with Crippen molar-refractivity contribution in [2.75, 3.05) is 6.54 Å². The fourth-order valence-corrected chi connectivity index (χ4v) is 2.08. The van der Waals surface area contributed by atoms with Crippen LogP contribution in [0, 0.1) is 18.8 Å². The van der Waals surface area contributed by atoms with Crippen LogP contribution < -0.4 is 5.32 Å². The predicted octanol–water partition coefficient (Wildman–Crippen LogP) is 1.76. The molecule has 1 aliphatic carbocycles. The van der Waals surface area contributed by atoms with Crippen molar-refractivity contribution in [3.05, 3.63) is 35.4 Å². The third kappa shape index (κ3) is 4.09. The molecule has 0 aromatic heterocycles. The summed E-state index contributed by atoms with van der Waals surface area (Å²) in [7, 11) is 0. The largest absolute Gasteiger partial charge is 0.481 e. The Hall–Kier alpha value is -1.84. The molecule has 2 N–H and O–H groups in total. The monoisotopic (exact) mass is 261 g/mol. The molecule has 1 aromatic carbocycles. The summed E-state index contributed by atoms with van der Waals surface area (Å²) in [6, 6.07) is 7.81. The molecule has 1 aliphatic rings. The number of nitrogens with one attached hydrogen (secondary N) is 1. The number of benzene rings is 1. The SMILES string of the molecule is Cc1cccc(CC(CNC(=O)C2CC2)C(=O)O)c1. The van der Waals surface area contributed by atoms with Gasteiger partial charge in [-0.3, -0.25) is 9.59 Å². The van der Waals surface area contributed by atoms with Crippen LogP contribution in [-0.4, -0.2) is 23.5 Å². The lowest BCUT2D eigenvalue weighted by Gasteiger charge is -2.13. The fraction of sp³-hybridized carbons (Fsp3) is 0.467. The maximum atomic E-state index is 11.5. The van der Waals surface area contributed by atoms with Gasteiger partial charge in [0.2, 0.25) is 5.91 Å². The Kier molecular flexibility index (Phi) is 4.20. The number of rotatable bonds is 6. The van der Waals surface area contributed by atoms with Gasteiger partial charge in [-0.15, -0.1) is 0 Å². The number of aliphatic carboxylic acids is 1. The molecule has 1 amide bonds. The standard InChI is InChI=1S/C15H19NO3/c1-10-3-2-4-11(7-10)8-13(15(18)19)9-16-14(17)12-5-6-12/h2-4,7,12-13H,5-6,8-9H2,1H3,(H,16,17)(H,18,19). The number of carbonyl (C=O) groups is 2. The molecule has 1 aromatic rings. The van der Waals surface area contributed by atoms with E-state index in [1.165, 1.54) is 0 Å². The second-order valence-electron chi connectivity index (χ2n) is 5.25. The normalized spacial score (nSPS) is 15.8. The molecule has 0 bridgehead atoms. The Morgan fingerprint density at radius 2 is 2.16 bits per heavy atom. The lowest BCUT2D eigenvalue weighted by atomic mass is 9.98. The van der Waals surface area contributed by atoms with Gasteiger partial charge in [0.05, 0.1) is 5.92 Å². The average molecular weight is 261 g/mol. The molecule has 0 heterocycles. The molecule has 1 fully saturated rings. The average Bonchev–Trinajstić information content (AvgIpc) is 3.18. The van der Waals surface area contributed by atoms with E-state index in [1.807, 2.05) is 31.2 Å². The number of aryl methyl sites for hydroxylation is 1. The van der Waals surface area contributed by atoms with Gasteiger partial charge in [0.1, 0.15) is 0 Å². The molecule has 0 saturated heterocycles. The van der Waals surface area contributed by atoms with E-state index in [0.717, 1.165) is 24.0 Å². The van der Waals surface area contributed by atoms with Crippen LogP contribution in [-0.2, 0) is 16.0 Å². The van der Waals surface area contributed by atoms with Gasteiger partial charge < -0.3 is 10.4 Å². The Balaban J connectivity index is 1.91. The van der Waals surface area contributed by atoms with Crippen molar-refractivity contribution in [1.82, 2.24) is 5.32 Å². The van der Waals surface area contributed by atoms with Gasteiger partial charge in [-0.25, -0.2) is 0 Å². The zero-order valence-corrected chi connectivity index (χ0v) is 11.1. The highest BCUT2D eigenvalue weighted by atomic mass is 16.4. The van der Waals surface area contributed by atoms with Gasteiger partial charge in [0.15, 0.2) is 0 Å². The van der Waals surface area contributed by atoms with Gasteiger partial charge in [0.25, 0.3) is 0 Å². The highest BCUT2D eigenvalue weighted by molar-refractivity contribution is 5.81. The van der Waals surface area contributed by atoms with Crippen LogP contribution in [0.25, 0.3) is 0 Å². The van der Waals surface area contributed by atoms with Crippen LogP contribution in [0.5, 0.6) is 0 Å². The molecule has 0 aliphatic heterocycles. The smallest absolute Gasteiger partial charge is 0.308 e. The summed E-state index contributed by atoms with van der Waals surface area (Å²) in [5, 5.41) is 12.0. The van der Waals surface area contributed by atoms with Crippen molar-refractivity contribution in [2.24, 2.45) is 11.8 Å². The van der Waals surface area contributed by atoms with Crippen molar-refractivity contribution in [3.63, 3.8) is 0 Å². The summed E-state index contributed by atoms with van der Waals surface area (Å²) in [5.74, 6) is -1.31. The van der Waals surface area contributed by atoms with Gasteiger partial charge in [-0.2, -0.15) is 0 Å². The molecular formula is C15H19NO3. The van der Waals surface area contributed by atoms with Crippen LogP contribution >= 0.6 is 0 Å². The van der Waals surface area contributed by atoms with E-state index in [9.17, 15) is 14.7 Å². The molecule has 4 heteroatoms. The summed E-state index contributed by atoms with van der Waals surface area (Å²) in [4.78, 5) is 22.8. The number of carbonyl (C=O) groups excluding carboxylic acids is 1. The fourth-order valence-electron chi connectivity index (χ4n) is 2.08. The Morgan fingerprint density at radius 3 is 2.74 bits per heavy atom. The quantitative estimate of drug-likeness (QED) is 0.820. The lowest BCUT2D eigenvalue weighted by Crippen LogP contribution is -2.34. The molecule has 0 radical (unpaired) electrons. The van der Waals surface area contributed by atoms with E-state index in [0.29, 0.717) is 6.42 Å². The van der Waals surface area contributed by atoms with Crippen molar-refractivity contribution >= 4 is 11.9 Å². The first-order valence-electron chi connectivity index (χ1n) is 6.62. The number of carboxylic acid groups (broad SMARTS) is 1. The topological polar surface area (TPSA) is 66.4 Å². The van der Waals surface area contributed by atoms with Crippen molar-refractivity contribution in [2.45, 2.75) is 26.2 Å². The van der Waals surface area contributed by atoms with Crippen LogP contribution in [0.1, 0.15) is 24.0 Å². The van der Waals surface area contributed by atoms with E-state index < -0.39 is 11.9 Å². The molecule has 4 nitrogen and oxygen atoms in total. The maximum Gasteiger partial charge on any atom is 0.308 e. The Labute approximate surface area is 112 Å². The van der Waals surface area contributed by atoms with Gasteiger partial charge in [-0.05, 0) is 31.7 Å². The molecule has 0 spiro atoms. The third-order valence-corrected chi connectivity index (χ3v) is 3.38. The van der Waals surface area contributed by atoms with Crippen molar-refractivity contribution in [3.8, 4) is 0 Å². The molecular weight excluding hydrogens is 242 g/mol. The van der Waals surface area contributed by atoms with E-state index in [4.69, 9.17) is 0 Å². The molecule has 1 unspecified atom stereocenters. The minimum Gasteiger partial charge on any atom is -0.481 e. The number of hydrogen-bond acceptors (Lipinski definition) is 2. The van der Waals surface area contributed by atoms with Crippen molar-refractivity contribution < 1.29 is 14.7 Å². The van der Waals surface area contributed by atoms with E-state index >= 15 is 0 Å². The lowest BCUT2D eigenvalue weighted by molar-refractivity contribution is -0.141. The zero-order valence-electron chi connectivity index (χ0n) is 11.1. The second kappa shape index (κ2) is 5.87. The minimum absolute atomic E-state index is 0.00417. The van der Waals surface area contributed by atoms with Gasteiger partial charge in [0, 0.05) is 12.5 Å². The van der Waals surface area contributed by atoms with Gasteiger partial charge >= 0.3 is 5.97 Å². The van der Waals surface area contributed by atoms with E-state index in [1.54, 1.807) is 0 Å². The summed E-state index contributed by atoms with van der Waals surface area (Å²) >= 11 is 0. The second-order valence-corrected chi connectivity index (χ2v) is 5.25. The van der Waals surface area contributed by atoms with Crippen LogP contribution in [0.15, 0.2) is 24.3 Å². The first-order valence-corrected chi connectivity index (χ1v) is 6.62. The predicted molar refractivity (Wildman–Crippen MR) is 71.7 cm³/mol. The first-order chi connectivity index (χ1) is 9.06. The minimum atomic E-state index is -0.863. The maximum absolute atomic E-state index is 11.5. The molecule has 1 atom stereocenters. The summed E-state index contributed by atoms with van der Waals surface area (Å²) in [6.07, 6.45) is 2.31. The zero-order chi connectivity index (χ0) is 13.8.